The van der Waals surface area contributed by atoms with Crippen molar-refractivity contribution >= 4 is 23.4 Å². The van der Waals surface area contributed by atoms with E-state index in [2.05, 4.69) is 6.07 Å². The molecule has 0 aromatic heterocycles. The highest BCUT2D eigenvalue weighted by Crippen LogP contribution is 2.32. The minimum absolute atomic E-state index is 0.124. The van der Waals surface area contributed by atoms with Gasteiger partial charge in [-0.25, -0.2) is 0 Å². The summed E-state index contributed by atoms with van der Waals surface area (Å²) in [6, 6.07) is 15.7. The molecule has 0 aliphatic carbocycles. The van der Waals surface area contributed by atoms with Gasteiger partial charge in [-0.3, -0.25) is 0 Å². The summed E-state index contributed by atoms with van der Waals surface area (Å²) in [6.07, 6.45) is 0. The smallest absolute Gasteiger partial charge is 0.0430 e. The molecule has 94 valence electrons. The van der Waals surface area contributed by atoms with E-state index in [-0.39, 0.29) is 6.04 Å². The summed E-state index contributed by atoms with van der Waals surface area (Å²) in [5.74, 6) is 0. The van der Waals surface area contributed by atoms with Crippen LogP contribution in [-0.4, -0.2) is 6.54 Å². The maximum Gasteiger partial charge on any atom is 0.0430 e. The molecule has 0 saturated carbocycles. The molecule has 4 N–H and O–H groups in total. The van der Waals surface area contributed by atoms with Gasteiger partial charge >= 0.3 is 0 Å². The predicted molar refractivity (Wildman–Crippen MR) is 78.0 cm³/mol. The van der Waals surface area contributed by atoms with Crippen molar-refractivity contribution < 1.29 is 0 Å². The third-order valence-corrected chi connectivity index (χ3v) is 3.97. The quantitative estimate of drug-likeness (QED) is 0.901. The molecule has 1 unspecified atom stereocenters. The van der Waals surface area contributed by atoms with Gasteiger partial charge in [0.15, 0.2) is 0 Å². The van der Waals surface area contributed by atoms with Gasteiger partial charge in [0.1, 0.15) is 0 Å². The molecule has 1 atom stereocenters. The number of halogens is 1. The van der Waals surface area contributed by atoms with Crippen molar-refractivity contribution in [3.63, 3.8) is 0 Å². The Labute approximate surface area is 116 Å². The standard InChI is InChI=1S/C14H15ClN2S/c15-10-5-7-11(8-6-10)18-14-4-2-1-3-12(14)13(17)9-16/h1-8,13H,9,16-17H2. The number of hydrogen-bond acceptors (Lipinski definition) is 3. The molecule has 4 heteroatoms. The van der Waals surface area contributed by atoms with Crippen LogP contribution in [0, 0.1) is 0 Å². The molecule has 2 aromatic rings. The van der Waals surface area contributed by atoms with Crippen LogP contribution in [-0.2, 0) is 0 Å². The molecular weight excluding hydrogens is 264 g/mol. The Morgan fingerprint density at radius 2 is 1.72 bits per heavy atom. The van der Waals surface area contributed by atoms with E-state index >= 15 is 0 Å². The van der Waals surface area contributed by atoms with Gasteiger partial charge in [0, 0.05) is 27.4 Å². The van der Waals surface area contributed by atoms with E-state index in [1.807, 2.05) is 42.5 Å². The number of hydrogen-bond donors (Lipinski definition) is 2. The molecule has 2 nitrogen and oxygen atoms in total. The van der Waals surface area contributed by atoms with Crippen molar-refractivity contribution in [3.05, 3.63) is 59.1 Å². The largest absolute Gasteiger partial charge is 0.329 e. The Morgan fingerprint density at radius 3 is 2.39 bits per heavy atom. The Balaban J connectivity index is 2.26. The molecule has 0 spiro atoms. The first-order valence-corrected chi connectivity index (χ1v) is 6.88. The van der Waals surface area contributed by atoms with Crippen molar-refractivity contribution in [3.8, 4) is 0 Å². The van der Waals surface area contributed by atoms with Crippen molar-refractivity contribution in [1.29, 1.82) is 0 Å². The van der Waals surface area contributed by atoms with Gasteiger partial charge in [-0.2, -0.15) is 0 Å². The zero-order valence-corrected chi connectivity index (χ0v) is 11.4. The topological polar surface area (TPSA) is 52.0 Å². The molecule has 0 amide bonds. The third-order valence-electron chi connectivity index (χ3n) is 2.61. The van der Waals surface area contributed by atoms with Gasteiger partial charge in [0.25, 0.3) is 0 Å². The lowest BCUT2D eigenvalue weighted by molar-refractivity contribution is 0.722. The van der Waals surface area contributed by atoms with Gasteiger partial charge in [0.2, 0.25) is 0 Å². The second-order valence-corrected chi connectivity index (χ2v) is 5.49. The normalized spacial score (nSPS) is 12.4. The molecule has 0 fully saturated rings. The van der Waals surface area contributed by atoms with E-state index in [1.54, 1.807) is 11.8 Å². The number of nitrogens with two attached hydrogens (primary N) is 2. The average molecular weight is 279 g/mol. The molecule has 0 aliphatic rings. The highest BCUT2D eigenvalue weighted by Gasteiger charge is 2.09. The fourth-order valence-electron chi connectivity index (χ4n) is 1.64. The predicted octanol–water partition coefficient (Wildman–Crippen LogP) is 3.45. The molecule has 18 heavy (non-hydrogen) atoms. The minimum Gasteiger partial charge on any atom is -0.329 e. The summed E-state index contributed by atoms with van der Waals surface area (Å²) < 4.78 is 0. The van der Waals surface area contributed by atoms with Crippen LogP contribution in [0.15, 0.2) is 58.3 Å². The van der Waals surface area contributed by atoms with Gasteiger partial charge in [-0.15, -0.1) is 0 Å². The van der Waals surface area contributed by atoms with Crippen molar-refractivity contribution in [2.75, 3.05) is 6.54 Å². The molecule has 0 saturated heterocycles. The van der Waals surface area contributed by atoms with Crippen LogP contribution >= 0.6 is 23.4 Å². The number of rotatable bonds is 4. The Bertz CT molecular complexity index is 513. The van der Waals surface area contributed by atoms with E-state index in [0.29, 0.717) is 6.54 Å². The first kappa shape index (κ1) is 13.4. The lowest BCUT2D eigenvalue weighted by atomic mass is 10.1. The van der Waals surface area contributed by atoms with Crippen molar-refractivity contribution in [2.45, 2.75) is 15.8 Å². The molecule has 0 radical (unpaired) electrons. The van der Waals surface area contributed by atoms with Gasteiger partial charge in [-0.1, -0.05) is 41.6 Å². The summed E-state index contributed by atoms with van der Waals surface area (Å²) in [7, 11) is 0. The van der Waals surface area contributed by atoms with Gasteiger partial charge in [-0.05, 0) is 35.9 Å². The minimum atomic E-state index is -0.124. The van der Waals surface area contributed by atoms with E-state index in [0.717, 1.165) is 20.4 Å². The average Bonchev–Trinajstić information content (AvgIpc) is 2.41. The first-order valence-electron chi connectivity index (χ1n) is 5.68. The summed E-state index contributed by atoms with van der Waals surface area (Å²) in [5, 5.41) is 0.742. The summed E-state index contributed by atoms with van der Waals surface area (Å²) >= 11 is 7.55. The fraction of sp³-hybridized carbons (Fsp3) is 0.143. The van der Waals surface area contributed by atoms with Crippen LogP contribution in [0.5, 0.6) is 0 Å². The monoisotopic (exact) mass is 278 g/mol. The summed E-state index contributed by atoms with van der Waals surface area (Å²) in [6.45, 7) is 0.443. The molecule has 0 heterocycles. The zero-order chi connectivity index (χ0) is 13.0. The highest BCUT2D eigenvalue weighted by atomic mass is 35.5. The van der Waals surface area contributed by atoms with Crippen LogP contribution in [0.25, 0.3) is 0 Å². The Kier molecular flexibility index (Phi) is 4.66. The second kappa shape index (κ2) is 6.25. The van der Waals surface area contributed by atoms with E-state index < -0.39 is 0 Å². The zero-order valence-electron chi connectivity index (χ0n) is 9.84. The van der Waals surface area contributed by atoms with E-state index in [4.69, 9.17) is 23.1 Å². The Hall–Kier alpha value is -1.00. The van der Waals surface area contributed by atoms with Crippen LogP contribution < -0.4 is 11.5 Å². The Morgan fingerprint density at radius 1 is 1.06 bits per heavy atom. The summed E-state index contributed by atoms with van der Waals surface area (Å²) in [5.41, 5.74) is 12.7. The van der Waals surface area contributed by atoms with Gasteiger partial charge in [0.05, 0.1) is 0 Å². The lowest BCUT2D eigenvalue weighted by Crippen LogP contribution is -2.21. The molecule has 2 rings (SSSR count). The van der Waals surface area contributed by atoms with Crippen molar-refractivity contribution in [2.24, 2.45) is 11.5 Å². The van der Waals surface area contributed by atoms with Crippen LogP contribution in [0.4, 0.5) is 0 Å². The third kappa shape index (κ3) is 3.27. The fourth-order valence-corrected chi connectivity index (χ4v) is 2.77. The first-order chi connectivity index (χ1) is 8.70. The SMILES string of the molecule is NCC(N)c1ccccc1Sc1ccc(Cl)cc1. The maximum atomic E-state index is 6.01. The van der Waals surface area contributed by atoms with E-state index in [1.165, 1.54) is 0 Å². The van der Waals surface area contributed by atoms with Gasteiger partial charge < -0.3 is 11.5 Å². The summed E-state index contributed by atoms with van der Waals surface area (Å²) in [4.78, 5) is 2.27. The molecule has 2 aromatic carbocycles. The lowest BCUT2D eigenvalue weighted by Gasteiger charge is -2.14. The number of benzene rings is 2. The second-order valence-electron chi connectivity index (χ2n) is 3.94. The maximum absolute atomic E-state index is 6.01. The molecular formula is C14H15ClN2S. The van der Waals surface area contributed by atoms with Crippen LogP contribution in [0.2, 0.25) is 5.02 Å². The van der Waals surface area contributed by atoms with Crippen molar-refractivity contribution in [1.82, 2.24) is 0 Å². The molecule has 0 bridgehead atoms. The van der Waals surface area contributed by atoms with Crippen LogP contribution in [0.3, 0.4) is 0 Å². The van der Waals surface area contributed by atoms with Crippen LogP contribution in [0.1, 0.15) is 11.6 Å². The molecule has 0 aliphatic heterocycles. The highest BCUT2D eigenvalue weighted by molar-refractivity contribution is 7.99. The van der Waals surface area contributed by atoms with E-state index in [9.17, 15) is 0 Å².